The molecule has 0 aromatic heterocycles. The molecule has 0 saturated heterocycles. The number of nitrogens with zero attached hydrogens (tertiary/aromatic N) is 1. The summed E-state index contributed by atoms with van der Waals surface area (Å²) in [5.41, 5.74) is 0. The molecule has 2 atom stereocenters. The van der Waals surface area contributed by atoms with Gasteiger partial charge in [0.15, 0.2) is 0 Å². The molecule has 3 fully saturated rings. The fraction of sp³-hybridized carbons (Fsp3) is 0.867. The van der Waals surface area contributed by atoms with Crippen molar-refractivity contribution >= 4 is 5.91 Å². The van der Waals surface area contributed by atoms with Crippen LogP contribution in [0.1, 0.15) is 51.4 Å². The van der Waals surface area contributed by atoms with Crippen LogP contribution in [0.25, 0.3) is 0 Å². The second-order valence-corrected chi connectivity index (χ2v) is 6.40. The van der Waals surface area contributed by atoms with E-state index in [9.17, 15) is 4.79 Å². The van der Waals surface area contributed by atoms with Crippen molar-refractivity contribution in [2.24, 2.45) is 23.7 Å². The minimum atomic E-state index is 0.100. The molecule has 3 rings (SSSR count). The van der Waals surface area contributed by atoms with Gasteiger partial charge in [-0.1, -0.05) is 6.42 Å². The first-order chi connectivity index (χ1) is 8.78. The lowest BCUT2D eigenvalue weighted by Gasteiger charge is -2.27. The first-order valence-corrected chi connectivity index (χ1v) is 7.48. The van der Waals surface area contributed by atoms with Gasteiger partial charge in [-0.2, -0.15) is 5.26 Å². The lowest BCUT2D eigenvalue weighted by Crippen LogP contribution is -2.42. The average Bonchev–Trinajstić information content (AvgIpc) is 3.29. The summed E-state index contributed by atoms with van der Waals surface area (Å²) in [6.45, 7) is 0. The van der Waals surface area contributed by atoms with Gasteiger partial charge >= 0.3 is 0 Å². The normalized spacial score (nSPS) is 32.0. The van der Waals surface area contributed by atoms with Crippen molar-refractivity contribution < 1.29 is 4.79 Å². The van der Waals surface area contributed by atoms with E-state index >= 15 is 0 Å². The van der Waals surface area contributed by atoms with Crippen LogP contribution >= 0.6 is 0 Å². The van der Waals surface area contributed by atoms with Crippen LogP contribution < -0.4 is 5.32 Å². The number of nitrogens with one attached hydrogen (secondary N) is 1. The Morgan fingerprint density at radius 1 is 1.11 bits per heavy atom. The highest BCUT2D eigenvalue weighted by Gasteiger charge is 2.43. The Hall–Kier alpha value is -1.04. The monoisotopic (exact) mass is 246 g/mol. The van der Waals surface area contributed by atoms with Crippen LogP contribution in [0, 0.1) is 35.0 Å². The van der Waals surface area contributed by atoms with Crippen LogP contribution in [-0.2, 0) is 4.79 Å². The summed E-state index contributed by atoms with van der Waals surface area (Å²) >= 11 is 0. The number of nitriles is 1. The highest BCUT2D eigenvalue weighted by molar-refractivity contribution is 5.79. The molecule has 1 amide bonds. The van der Waals surface area contributed by atoms with E-state index in [4.69, 9.17) is 5.26 Å². The van der Waals surface area contributed by atoms with Crippen LogP contribution in [0.15, 0.2) is 0 Å². The van der Waals surface area contributed by atoms with Crippen molar-refractivity contribution in [1.82, 2.24) is 5.32 Å². The molecule has 0 heterocycles. The quantitative estimate of drug-likeness (QED) is 0.829. The van der Waals surface area contributed by atoms with Crippen molar-refractivity contribution in [1.29, 1.82) is 5.26 Å². The van der Waals surface area contributed by atoms with Gasteiger partial charge in [0.05, 0.1) is 6.07 Å². The Morgan fingerprint density at radius 3 is 2.33 bits per heavy atom. The van der Waals surface area contributed by atoms with Crippen LogP contribution in [0.5, 0.6) is 0 Å². The zero-order chi connectivity index (χ0) is 12.5. The maximum absolute atomic E-state index is 12.3. The second-order valence-electron chi connectivity index (χ2n) is 6.40. The summed E-state index contributed by atoms with van der Waals surface area (Å²) in [4.78, 5) is 12.3. The molecule has 0 spiro atoms. The summed E-state index contributed by atoms with van der Waals surface area (Å²) in [6.07, 6.45) is 8.97. The summed E-state index contributed by atoms with van der Waals surface area (Å²) in [5.74, 6) is 1.96. The maximum Gasteiger partial charge on any atom is 0.223 e. The van der Waals surface area contributed by atoms with Gasteiger partial charge in [0.1, 0.15) is 0 Å². The Balaban J connectivity index is 1.55. The van der Waals surface area contributed by atoms with E-state index in [1.165, 1.54) is 25.7 Å². The zero-order valence-electron chi connectivity index (χ0n) is 10.9. The lowest BCUT2D eigenvalue weighted by molar-refractivity contribution is -0.127. The highest BCUT2D eigenvalue weighted by Crippen LogP contribution is 2.44. The average molecular weight is 246 g/mol. The van der Waals surface area contributed by atoms with Gasteiger partial charge in [-0.25, -0.2) is 0 Å². The summed E-state index contributed by atoms with van der Waals surface area (Å²) in [5, 5.41) is 12.3. The van der Waals surface area contributed by atoms with Crippen LogP contribution in [0.4, 0.5) is 0 Å². The molecule has 3 aliphatic carbocycles. The summed E-state index contributed by atoms with van der Waals surface area (Å²) in [7, 11) is 0. The molecule has 0 aromatic rings. The first-order valence-electron chi connectivity index (χ1n) is 7.48. The standard InChI is InChI=1S/C15H22N2O/c16-9-10-2-1-3-13(8-10)15(18)17-14(11-4-5-11)12-6-7-12/h10-14H,1-8H2,(H,17,18)/t10-,13+/m0/s1. The Bertz CT molecular complexity index is 353. The van der Waals surface area contributed by atoms with Gasteiger partial charge in [-0.05, 0) is 56.8 Å². The van der Waals surface area contributed by atoms with Crippen molar-refractivity contribution in [2.45, 2.75) is 57.4 Å². The number of carbonyl (C=O) groups excluding carboxylic acids is 1. The number of carbonyl (C=O) groups is 1. The van der Waals surface area contributed by atoms with Crippen molar-refractivity contribution in [3.63, 3.8) is 0 Å². The Morgan fingerprint density at radius 2 is 1.78 bits per heavy atom. The fourth-order valence-corrected chi connectivity index (χ4v) is 3.36. The molecule has 1 N–H and O–H groups in total. The first kappa shape index (κ1) is 12.0. The van der Waals surface area contributed by atoms with E-state index in [0.717, 1.165) is 37.5 Å². The van der Waals surface area contributed by atoms with E-state index in [-0.39, 0.29) is 17.7 Å². The smallest absolute Gasteiger partial charge is 0.223 e. The minimum absolute atomic E-state index is 0.100. The Kier molecular flexibility index (Phi) is 3.28. The van der Waals surface area contributed by atoms with E-state index in [1.54, 1.807) is 0 Å². The van der Waals surface area contributed by atoms with Crippen molar-refractivity contribution in [3.8, 4) is 6.07 Å². The number of rotatable bonds is 4. The topological polar surface area (TPSA) is 52.9 Å². The molecular weight excluding hydrogens is 224 g/mol. The van der Waals surface area contributed by atoms with Gasteiger partial charge in [0, 0.05) is 17.9 Å². The third kappa shape index (κ3) is 2.68. The van der Waals surface area contributed by atoms with E-state index in [0.29, 0.717) is 6.04 Å². The van der Waals surface area contributed by atoms with Gasteiger partial charge in [0.2, 0.25) is 5.91 Å². The minimum Gasteiger partial charge on any atom is -0.353 e. The largest absolute Gasteiger partial charge is 0.353 e. The van der Waals surface area contributed by atoms with Crippen molar-refractivity contribution in [2.75, 3.05) is 0 Å². The predicted molar refractivity (Wildman–Crippen MR) is 68.4 cm³/mol. The third-order valence-corrected chi connectivity index (χ3v) is 4.80. The highest BCUT2D eigenvalue weighted by atomic mass is 16.1. The molecule has 3 saturated carbocycles. The molecule has 0 unspecified atom stereocenters. The molecular formula is C15H22N2O. The van der Waals surface area contributed by atoms with E-state index in [1.807, 2.05) is 0 Å². The Labute approximate surface area is 109 Å². The molecule has 0 bridgehead atoms. The molecule has 0 aliphatic heterocycles. The molecule has 0 radical (unpaired) electrons. The lowest BCUT2D eigenvalue weighted by atomic mass is 9.81. The van der Waals surface area contributed by atoms with Gasteiger partial charge in [0.25, 0.3) is 0 Å². The van der Waals surface area contributed by atoms with Crippen LogP contribution in [0.2, 0.25) is 0 Å². The number of amides is 1. The van der Waals surface area contributed by atoms with Gasteiger partial charge in [-0.3, -0.25) is 4.79 Å². The van der Waals surface area contributed by atoms with E-state index < -0.39 is 0 Å². The molecule has 3 nitrogen and oxygen atoms in total. The van der Waals surface area contributed by atoms with Gasteiger partial charge < -0.3 is 5.32 Å². The maximum atomic E-state index is 12.3. The van der Waals surface area contributed by atoms with Crippen LogP contribution in [0.3, 0.4) is 0 Å². The molecule has 3 heteroatoms. The fourth-order valence-electron chi connectivity index (χ4n) is 3.36. The molecule has 3 aliphatic rings. The SMILES string of the molecule is N#C[C@H]1CCC[C@@H](C(=O)NC(C2CC2)C2CC2)C1. The molecule has 18 heavy (non-hydrogen) atoms. The molecule has 0 aromatic carbocycles. The van der Waals surface area contributed by atoms with Crippen molar-refractivity contribution in [3.05, 3.63) is 0 Å². The summed E-state index contributed by atoms with van der Waals surface area (Å²) < 4.78 is 0. The molecule has 98 valence electrons. The predicted octanol–water partition coefficient (Wildman–Crippen LogP) is 2.62. The third-order valence-electron chi connectivity index (χ3n) is 4.80. The number of hydrogen-bond donors (Lipinski definition) is 1. The van der Waals surface area contributed by atoms with E-state index in [2.05, 4.69) is 11.4 Å². The van der Waals surface area contributed by atoms with Crippen LogP contribution in [-0.4, -0.2) is 11.9 Å². The van der Waals surface area contributed by atoms with Gasteiger partial charge in [-0.15, -0.1) is 0 Å². The zero-order valence-corrected chi connectivity index (χ0v) is 10.9. The summed E-state index contributed by atoms with van der Waals surface area (Å²) in [6, 6.07) is 2.79. The number of hydrogen-bond acceptors (Lipinski definition) is 2. The second kappa shape index (κ2) is 4.91.